The number of rotatable bonds is 4. The number of nitrogens with zero attached hydrogens (tertiary/aromatic N) is 2. The van der Waals surface area contributed by atoms with Gasteiger partial charge in [0.15, 0.2) is 0 Å². The van der Waals surface area contributed by atoms with Crippen molar-refractivity contribution in [3.8, 4) is 6.07 Å². The number of anilines is 1. The number of halogens is 3. The smallest absolute Gasteiger partial charge is 0.381 e. The zero-order chi connectivity index (χ0) is 17.9. The van der Waals surface area contributed by atoms with Crippen LogP contribution in [0.5, 0.6) is 0 Å². The molecule has 25 heavy (non-hydrogen) atoms. The first-order valence-electron chi connectivity index (χ1n) is 8.10. The second kappa shape index (κ2) is 7.16. The molecule has 1 aliphatic rings. The number of hydrogen-bond donors (Lipinski definition) is 1. The van der Waals surface area contributed by atoms with Crippen LogP contribution in [0, 0.1) is 11.3 Å². The van der Waals surface area contributed by atoms with Gasteiger partial charge in [0.2, 0.25) is 0 Å². The van der Waals surface area contributed by atoms with E-state index in [4.69, 9.17) is 5.26 Å². The van der Waals surface area contributed by atoms with Gasteiger partial charge in [0.1, 0.15) is 0 Å². The van der Waals surface area contributed by atoms with E-state index in [1.807, 2.05) is 18.2 Å². The molecule has 0 amide bonds. The van der Waals surface area contributed by atoms with Gasteiger partial charge in [0.05, 0.1) is 17.2 Å². The standard InChI is InChI=1S/C19H18F3N3/c20-19(21,22)18-10-16(7-6-15(18)11-23)24-17-8-9-25(13-17)12-14-4-2-1-3-5-14/h1-7,10,17,24H,8-9,12-13H2. The fourth-order valence-electron chi connectivity index (χ4n) is 3.14. The lowest BCUT2D eigenvalue weighted by Crippen LogP contribution is -2.26. The summed E-state index contributed by atoms with van der Waals surface area (Å²) in [5.74, 6) is 0. The first-order chi connectivity index (χ1) is 12.0. The third kappa shape index (κ3) is 4.31. The van der Waals surface area contributed by atoms with Gasteiger partial charge < -0.3 is 5.32 Å². The maximum atomic E-state index is 13.0. The first kappa shape index (κ1) is 17.3. The van der Waals surface area contributed by atoms with Crippen LogP contribution in [0.1, 0.15) is 23.1 Å². The lowest BCUT2D eigenvalue weighted by molar-refractivity contribution is -0.137. The van der Waals surface area contributed by atoms with Gasteiger partial charge in [-0.1, -0.05) is 30.3 Å². The predicted molar refractivity (Wildman–Crippen MR) is 89.9 cm³/mol. The molecule has 0 saturated carbocycles. The largest absolute Gasteiger partial charge is 0.417 e. The monoisotopic (exact) mass is 345 g/mol. The minimum atomic E-state index is -4.53. The van der Waals surface area contributed by atoms with Gasteiger partial charge >= 0.3 is 6.18 Å². The van der Waals surface area contributed by atoms with Gasteiger partial charge in [-0.25, -0.2) is 0 Å². The molecule has 0 aromatic heterocycles. The van der Waals surface area contributed by atoms with Crippen LogP contribution in [0.3, 0.4) is 0 Å². The van der Waals surface area contributed by atoms with E-state index in [0.717, 1.165) is 32.1 Å². The molecule has 1 aliphatic heterocycles. The highest BCUT2D eigenvalue weighted by atomic mass is 19.4. The van der Waals surface area contributed by atoms with E-state index in [-0.39, 0.29) is 11.6 Å². The van der Waals surface area contributed by atoms with Crippen molar-refractivity contribution < 1.29 is 13.2 Å². The summed E-state index contributed by atoms with van der Waals surface area (Å²) in [7, 11) is 0. The molecule has 6 heteroatoms. The quantitative estimate of drug-likeness (QED) is 0.900. The summed E-state index contributed by atoms with van der Waals surface area (Å²) in [6.07, 6.45) is -3.66. The van der Waals surface area contributed by atoms with Crippen molar-refractivity contribution in [2.24, 2.45) is 0 Å². The van der Waals surface area contributed by atoms with Crippen LogP contribution in [-0.4, -0.2) is 24.0 Å². The number of alkyl halides is 3. The molecule has 3 nitrogen and oxygen atoms in total. The van der Waals surface area contributed by atoms with Gasteiger partial charge in [-0.15, -0.1) is 0 Å². The Kier molecular flexibility index (Phi) is 4.95. The van der Waals surface area contributed by atoms with Crippen molar-refractivity contribution >= 4 is 5.69 Å². The van der Waals surface area contributed by atoms with Crippen LogP contribution in [0.2, 0.25) is 0 Å². The van der Waals surface area contributed by atoms with E-state index < -0.39 is 11.7 Å². The number of hydrogen-bond acceptors (Lipinski definition) is 3. The molecule has 2 aromatic carbocycles. The Balaban J connectivity index is 1.65. The lowest BCUT2D eigenvalue weighted by atomic mass is 10.1. The van der Waals surface area contributed by atoms with E-state index in [1.165, 1.54) is 17.7 Å². The van der Waals surface area contributed by atoms with Crippen molar-refractivity contribution in [2.45, 2.75) is 25.2 Å². The van der Waals surface area contributed by atoms with Crippen molar-refractivity contribution in [3.05, 3.63) is 65.2 Å². The van der Waals surface area contributed by atoms with Crippen molar-refractivity contribution in [1.29, 1.82) is 5.26 Å². The Morgan fingerprint density at radius 3 is 2.60 bits per heavy atom. The topological polar surface area (TPSA) is 39.1 Å². The van der Waals surface area contributed by atoms with Crippen molar-refractivity contribution in [2.75, 3.05) is 18.4 Å². The highest BCUT2D eigenvalue weighted by molar-refractivity contribution is 5.53. The van der Waals surface area contributed by atoms with E-state index in [2.05, 4.69) is 22.3 Å². The summed E-state index contributed by atoms with van der Waals surface area (Å²) >= 11 is 0. The lowest BCUT2D eigenvalue weighted by Gasteiger charge is -2.18. The number of benzene rings is 2. The maximum absolute atomic E-state index is 13.0. The van der Waals surface area contributed by atoms with Crippen LogP contribution in [0.15, 0.2) is 48.5 Å². The summed E-state index contributed by atoms with van der Waals surface area (Å²) in [4.78, 5) is 2.28. The van der Waals surface area contributed by atoms with Crippen LogP contribution < -0.4 is 5.32 Å². The number of nitriles is 1. The highest BCUT2D eigenvalue weighted by Crippen LogP contribution is 2.34. The third-order valence-corrected chi connectivity index (χ3v) is 4.34. The normalized spacial score (nSPS) is 18.1. The van der Waals surface area contributed by atoms with Crippen molar-refractivity contribution in [1.82, 2.24) is 4.90 Å². The average molecular weight is 345 g/mol. The molecule has 3 rings (SSSR count). The summed E-state index contributed by atoms with van der Waals surface area (Å²) < 4.78 is 39.1. The maximum Gasteiger partial charge on any atom is 0.417 e. The molecule has 0 aliphatic carbocycles. The molecule has 0 bridgehead atoms. The molecular formula is C19H18F3N3. The Labute approximate surface area is 144 Å². The third-order valence-electron chi connectivity index (χ3n) is 4.34. The zero-order valence-corrected chi connectivity index (χ0v) is 13.6. The van der Waals surface area contributed by atoms with Crippen LogP contribution >= 0.6 is 0 Å². The number of likely N-dealkylation sites (tertiary alicyclic amines) is 1. The molecule has 2 aromatic rings. The van der Waals surface area contributed by atoms with Crippen molar-refractivity contribution in [3.63, 3.8) is 0 Å². The van der Waals surface area contributed by atoms with Crippen LogP contribution in [0.4, 0.5) is 18.9 Å². The average Bonchev–Trinajstić information content (AvgIpc) is 3.02. The summed E-state index contributed by atoms with van der Waals surface area (Å²) in [6.45, 7) is 2.51. The minimum absolute atomic E-state index is 0.0951. The van der Waals surface area contributed by atoms with Crippen LogP contribution in [-0.2, 0) is 12.7 Å². The molecule has 0 radical (unpaired) electrons. The van der Waals surface area contributed by atoms with Gasteiger partial charge in [0.25, 0.3) is 0 Å². The van der Waals surface area contributed by atoms with Crippen LogP contribution in [0.25, 0.3) is 0 Å². The zero-order valence-electron chi connectivity index (χ0n) is 13.6. The molecule has 1 N–H and O–H groups in total. The minimum Gasteiger partial charge on any atom is -0.381 e. The molecule has 1 fully saturated rings. The Bertz CT molecular complexity index is 766. The van der Waals surface area contributed by atoms with E-state index in [1.54, 1.807) is 6.07 Å². The molecular weight excluding hydrogens is 327 g/mol. The molecule has 0 spiro atoms. The highest BCUT2D eigenvalue weighted by Gasteiger charge is 2.34. The van der Waals surface area contributed by atoms with E-state index >= 15 is 0 Å². The Morgan fingerprint density at radius 2 is 1.92 bits per heavy atom. The molecule has 130 valence electrons. The van der Waals surface area contributed by atoms with Gasteiger partial charge in [-0.2, -0.15) is 18.4 Å². The summed E-state index contributed by atoms with van der Waals surface area (Å²) in [5.41, 5.74) is 0.382. The van der Waals surface area contributed by atoms with Gasteiger partial charge in [-0.3, -0.25) is 4.90 Å². The molecule has 1 unspecified atom stereocenters. The van der Waals surface area contributed by atoms with Gasteiger partial charge in [0, 0.05) is 31.4 Å². The second-order valence-corrected chi connectivity index (χ2v) is 6.22. The van der Waals surface area contributed by atoms with E-state index in [9.17, 15) is 13.2 Å². The summed E-state index contributed by atoms with van der Waals surface area (Å²) in [6, 6.07) is 15.6. The SMILES string of the molecule is N#Cc1ccc(NC2CCN(Cc3ccccc3)C2)cc1C(F)(F)F. The van der Waals surface area contributed by atoms with Gasteiger partial charge in [-0.05, 0) is 30.2 Å². The molecule has 1 heterocycles. The fourth-order valence-corrected chi connectivity index (χ4v) is 3.14. The first-order valence-corrected chi connectivity index (χ1v) is 8.10. The number of nitrogens with one attached hydrogen (secondary N) is 1. The molecule has 1 saturated heterocycles. The molecule has 1 atom stereocenters. The Morgan fingerprint density at radius 1 is 1.16 bits per heavy atom. The van der Waals surface area contributed by atoms with E-state index in [0.29, 0.717) is 5.69 Å². The fraction of sp³-hybridized carbons (Fsp3) is 0.316. The predicted octanol–water partition coefficient (Wildman–Crippen LogP) is 4.26. The summed E-state index contributed by atoms with van der Waals surface area (Å²) in [5, 5.41) is 12.0. The second-order valence-electron chi connectivity index (χ2n) is 6.22. The Hall–Kier alpha value is -2.52.